The van der Waals surface area contributed by atoms with Crippen molar-refractivity contribution in [3.63, 3.8) is 0 Å². The number of Topliss-reactive ketones (excluding diaryl/α,β-unsaturated/α-hetero) is 1. The maximum Gasteiger partial charge on any atom is 0.185 e. The lowest BCUT2D eigenvalue weighted by Crippen LogP contribution is -2.21. The van der Waals surface area contributed by atoms with Gasteiger partial charge < -0.3 is 0 Å². The SMILES string of the molecule is CCC(C)CC1C/C(=C/c2ccc(N=[N+]=[N-])cc2)C(=O)/C(=C/c2ccc(N=[N+]=[N-])cc2)C1. The number of benzene rings is 2. The maximum absolute atomic E-state index is 13.3. The van der Waals surface area contributed by atoms with E-state index in [1.165, 1.54) is 0 Å². The van der Waals surface area contributed by atoms with Crippen molar-refractivity contribution >= 4 is 29.3 Å². The zero-order valence-electron chi connectivity index (χ0n) is 18.3. The van der Waals surface area contributed by atoms with E-state index in [-0.39, 0.29) is 5.78 Å². The largest absolute Gasteiger partial charge is 0.289 e. The van der Waals surface area contributed by atoms with Crippen LogP contribution in [0, 0.1) is 11.8 Å². The van der Waals surface area contributed by atoms with Gasteiger partial charge in [-0.3, -0.25) is 4.79 Å². The molecule has 0 spiro atoms. The summed E-state index contributed by atoms with van der Waals surface area (Å²) >= 11 is 0. The van der Waals surface area contributed by atoms with Crippen molar-refractivity contribution in [2.75, 3.05) is 0 Å². The molecule has 162 valence electrons. The van der Waals surface area contributed by atoms with Gasteiger partial charge in [-0.2, -0.15) is 0 Å². The van der Waals surface area contributed by atoms with E-state index in [2.05, 4.69) is 33.9 Å². The number of hydrogen-bond donors (Lipinski definition) is 0. The summed E-state index contributed by atoms with van der Waals surface area (Å²) in [6.07, 6.45) is 7.60. The van der Waals surface area contributed by atoms with Crippen LogP contribution in [0.25, 0.3) is 33.0 Å². The van der Waals surface area contributed by atoms with Crippen LogP contribution in [0.15, 0.2) is 69.9 Å². The molecule has 1 aliphatic carbocycles. The van der Waals surface area contributed by atoms with Crippen LogP contribution in [-0.4, -0.2) is 5.78 Å². The fourth-order valence-corrected chi connectivity index (χ4v) is 4.02. The molecule has 2 atom stereocenters. The zero-order chi connectivity index (χ0) is 22.9. The summed E-state index contributed by atoms with van der Waals surface area (Å²) in [5, 5.41) is 7.20. The molecule has 7 heteroatoms. The Bertz CT molecular complexity index is 1030. The predicted molar refractivity (Wildman–Crippen MR) is 128 cm³/mol. The monoisotopic (exact) mass is 426 g/mol. The summed E-state index contributed by atoms with van der Waals surface area (Å²) in [7, 11) is 0. The van der Waals surface area contributed by atoms with Gasteiger partial charge >= 0.3 is 0 Å². The average molecular weight is 427 g/mol. The second kappa shape index (κ2) is 11.0. The predicted octanol–water partition coefficient (Wildman–Crippen LogP) is 8.45. The normalized spacial score (nSPS) is 19.3. The lowest BCUT2D eigenvalue weighted by Gasteiger charge is -2.28. The second-order valence-electron chi connectivity index (χ2n) is 8.25. The number of carbonyl (C=O) groups is 1. The highest BCUT2D eigenvalue weighted by Crippen LogP contribution is 2.36. The van der Waals surface area contributed by atoms with Gasteiger partial charge in [-0.25, -0.2) is 0 Å². The molecule has 7 nitrogen and oxygen atoms in total. The average Bonchev–Trinajstić information content (AvgIpc) is 2.79. The number of ketones is 1. The molecule has 0 N–H and O–H groups in total. The van der Waals surface area contributed by atoms with Gasteiger partial charge in [0.15, 0.2) is 5.78 Å². The van der Waals surface area contributed by atoms with Crippen LogP contribution in [0.1, 0.15) is 50.7 Å². The van der Waals surface area contributed by atoms with Crippen LogP contribution in [0.2, 0.25) is 0 Å². The first-order chi connectivity index (χ1) is 15.5. The molecule has 32 heavy (non-hydrogen) atoms. The lowest BCUT2D eigenvalue weighted by atomic mass is 9.76. The molecule has 0 radical (unpaired) electrons. The number of azide groups is 2. The first-order valence-electron chi connectivity index (χ1n) is 10.8. The molecule has 0 heterocycles. The molecule has 1 fully saturated rings. The van der Waals surface area contributed by atoms with Crippen molar-refractivity contribution in [3.05, 3.63) is 91.7 Å². The van der Waals surface area contributed by atoms with Crippen molar-refractivity contribution in [1.82, 2.24) is 0 Å². The Morgan fingerprint density at radius 1 is 0.906 bits per heavy atom. The Hall–Kier alpha value is -3.79. The van der Waals surface area contributed by atoms with Gasteiger partial charge in [-0.15, -0.1) is 0 Å². The third kappa shape index (κ3) is 6.11. The first kappa shape index (κ1) is 22.9. The van der Waals surface area contributed by atoms with Crippen LogP contribution in [0.3, 0.4) is 0 Å². The van der Waals surface area contributed by atoms with Crippen molar-refractivity contribution in [2.45, 2.75) is 39.5 Å². The van der Waals surface area contributed by atoms with Crippen LogP contribution in [0.4, 0.5) is 11.4 Å². The van der Waals surface area contributed by atoms with E-state index in [1.54, 1.807) is 24.3 Å². The summed E-state index contributed by atoms with van der Waals surface area (Å²) in [5.41, 5.74) is 21.7. The highest BCUT2D eigenvalue weighted by Gasteiger charge is 2.28. The minimum atomic E-state index is 0.0728. The van der Waals surface area contributed by atoms with Gasteiger partial charge in [-0.05, 0) is 65.4 Å². The Labute approximate surface area is 187 Å². The number of rotatable bonds is 7. The highest BCUT2D eigenvalue weighted by molar-refractivity contribution is 6.14. The molecule has 1 saturated carbocycles. The summed E-state index contributed by atoms with van der Waals surface area (Å²) < 4.78 is 0. The topological polar surface area (TPSA) is 115 Å². The molecule has 3 rings (SSSR count). The van der Waals surface area contributed by atoms with Crippen LogP contribution >= 0.6 is 0 Å². The van der Waals surface area contributed by atoms with Gasteiger partial charge in [0.05, 0.1) is 0 Å². The van der Waals surface area contributed by atoms with Crippen molar-refractivity contribution in [2.24, 2.45) is 22.1 Å². The summed E-state index contributed by atoms with van der Waals surface area (Å²) in [5.74, 6) is 1.08. The quantitative estimate of drug-likeness (QED) is 0.188. The smallest absolute Gasteiger partial charge is 0.185 e. The van der Waals surface area contributed by atoms with E-state index in [4.69, 9.17) is 11.1 Å². The van der Waals surface area contributed by atoms with Gasteiger partial charge in [0.1, 0.15) is 0 Å². The summed E-state index contributed by atoms with van der Waals surface area (Å²) in [4.78, 5) is 18.9. The van der Waals surface area contributed by atoms with Crippen molar-refractivity contribution in [1.29, 1.82) is 0 Å². The van der Waals surface area contributed by atoms with E-state index < -0.39 is 0 Å². The Morgan fingerprint density at radius 3 is 1.72 bits per heavy atom. The third-order valence-corrected chi connectivity index (χ3v) is 5.82. The van der Waals surface area contributed by atoms with Gasteiger partial charge in [0, 0.05) is 32.3 Å². The Kier molecular flexibility index (Phi) is 7.87. The molecule has 0 aromatic heterocycles. The Morgan fingerprint density at radius 2 is 1.34 bits per heavy atom. The molecule has 0 aliphatic heterocycles. The standard InChI is InChI=1S/C25H26N6O/c1-3-17(2)12-20-15-21(13-18-4-8-23(9-5-18)28-30-26)25(32)22(16-20)14-19-6-10-24(11-7-19)29-31-27/h4-11,13-14,17,20H,3,12,15-16H2,1-2H3/b21-13-,22-14+. The molecule has 2 unspecified atom stereocenters. The minimum Gasteiger partial charge on any atom is -0.289 e. The van der Waals surface area contributed by atoms with Crippen molar-refractivity contribution < 1.29 is 4.79 Å². The highest BCUT2D eigenvalue weighted by atomic mass is 16.1. The molecular weight excluding hydrogens is 400 g/mol. The third-order valence-electron chi connectivity index (χ3n) is 5.82. The fraction of sp³-hybridized carbons (Fsp3) is 0.320. The maximum atomic E-state index is 13.3. The first-order valence-corrected chi connectivity index (χ1v) is 10.8. The molecule has 2 aromatic carbocycles. The van der Waals surface area contributed by atoms with E-state index in [0.29, 0.717) is 23.2 Å². The van der Waals surface area contributed by atoms with E-state index >= 15 is 0 Å². The molecule has 1 aliphatic rings. The summed E-state index contributed by atoms with van der Waals surface area (Å²) in [6, 6.07) is 14.4. The number of hydrogen-bond acceptors (Lipinski definition) is 3. The number of nitrogens with zero attached hydrogens (tertiary/aromatic N) is 6. The Balaban J connectivity index is 1.92. The number of allylic oxidation sites excluding steroid dienone is 2. The van der Waals surface area contributed by atoms with Crippen LogP contribution < -0.4 is 0 Å². The number of carbonyl (C=O) groups excluding carboxylic acids is 1. The molecule has 0 amide bonds. The zero-order valence-corrected chi connectivity index (χ0v) is 18.3. The molecular formula is C25H26N6O. The van der Waals surface area contributed by atoms with Gasteiger partial charge in [-0.1, -0.05) is 79.0 Å². The minimum absolute atomic E-state index is 0.0728. The van der Waals surface area contributed by atoms with Gasteiger partial charge in [0.25, 0.3) is 0 Å². The summed E-state index contributed by atoms with van der Waals surface area (Å²) in [6.45, 7) is 4.45. The van der Waals surface area contributed by atoms with Crippen molar-refractivity contribution in [3.8, 4) is 0 Å². The van der Waals surface area contributed by atoms with E-state index in [9.17, 15) is 4.79 Å². The van der Waals surface area contributed by atoms with Crippen LogP contribution in [0.5, 0.6) is 0 Å². The molecule has 0 saturated heterocycles. The molecule has 2 aromatic rings. The second-order valence-corrected chi connectivity index (χ2v) is 8.25. The lowest BCUT2D eigenvalue weighted by molar-refractivity contribution is -0.113. The van der Waals surface area contributed by atoms with E-state index in [0.717, 1.165) is 48.0 Å². The van der Waals surface area contributed by atoms with Crippen LogP contribution in [-0.2, 0) is 4.79 Å². The van der Waals surface area contributed by atoms with E-state index in [1.807, 2.05) is 36.4 Å². The fourth-order valence-electron chi connectivity index (χ4n) is 4.02. The van der Waals surface area contributed by atoms with Gasteiger partial charge in [0.2, 0.25) is 0 Å². The molecule has 0 bridgehead atoms.